The molecule has 0 aliphatic carbocycles. The Morgan fingerprint density at radius 3 is 2.33 bits per heavy atom. The molecule has 0 aliphatic heterocycles. The molecule has 4 heteroatoms. The first-order chi connectivity index (χ1) is 10.3. The number of aryl methyl sites for hydroxylation is 1. The second kappa shape index (κ2) is 7.24. The van der Waals surface area contributed by atoms with E-state index in [9.17, 15) is 0 Å². The van der Waals surface area contributed by atoms with E-state index in [4.69, 9.17) is 9.89 Å². The third-order valence-electron chi connectivity index (χ3n) is 3.12. The van der Waals surface area contributed by atoms with Crippen molar-refractivity contribution in [2.45, 2.75) is 13.5 Å². The summed E-state index contributed by atoms with van der Waals surface area (Å²) in [6, 6.07) is 18.7. The lowest BCUT2D eigenvalue weighted by Crippen LogP contribution is -1.98. The van der Waals surface area contributed by atoms with Gasteiger partial charge in [-0.2, -0.15) is 5.10 Å². The van der Waals surface area contributed by atoms with Crippen molar-refractivity contribution in [2.75, 3.05) is 7.05 Å². The minimum absolute atomic E-state index is 0.625. The van der Waals surface area contributed by atoms with Crippen LogP contribution in [0.3, 0.4) is 0 Å². The Hall–Kier alpha value is -2.62. The van der Waals surface area contributed by atoms with Crippen LogP contribution in [-0.4, -0.2) is 23.2 Å². The Labute approximate surface area is 124 Å². The maximum atomic E-state index is 9.06. The number of benzene rings is 2. The molecule has 3 aromatic rings. The molecule has 2 aromatic carbocycles. The monoisotopic (exact) mass is 281 g/mol. The van der Waals surface area contributed by atoms with E-state index in [0.29, 0.717) is 6.41 Å². The SMILES string of the molecule is CCn1nc(-c2ccccc2)c2ccccc21.CNC=O. The van der Waals surface area contributed by atoms with Crippen LogP contribution in [0.1, 0.15) is 6.92 Å². The van der Waals surface area contributed by atoms with Crippen LogP contribution in [-0.2, 0) is 11.3 Å². The topological polar surface area (TPSA) is 46.9 Å². The van der Waals surface area contributed by atoms with E-state index in [1.807, 2.05) is 6.07 Å². The molecule has 0 saturated heterocycles. The minimum Gasteiger partial charge on any atom is -0.362 e. The third-order valence-corrected chi connectivity index (χ3v) is 3.12. The molecule has 0 fully saturated rings. The summed E-state index contributed by atoms with van der Waals surface area (Å²) in [5.74, 6) is 0. The fraction of sp³-hybridized carbons (Fsp3) is 0.176. The van der Waals surface area contributed by atoms with E-state index in [0.717, 1.165) is 12.2 Å². The van der Waals surface area contributed by atoms with Crippen LogP contribution in [0.4, 0.5) is 0 Å². The Morgan fingerprint density at radius 2 is 1.71 bits per heavy atom. The average molecular weight is 281 g/mol. The van der Waals surface area contributed by atoms with Crippen molar-refractivity contribution in [1.29, 1.82) is 0 Å². The van der Waals surface area contributed by atoms with Gasteiger partial charge in [-0.1, -0.05) is 48.5 Å². The van der Waals surface area contributed by atoms with Crippen LogP contribution in [0.15, 0.2) is 54.6 Å². The lowest BCUT2D eigenvalue weighted by molar-refractivity contribution is -0.109. The Morgan fingerprint density at radius 1 is 1.10 bits per heavy atom. The summed E-state index contributed by atoms with van der Waals surface area (Å²) in [7, 11) is 1.56. The summed E-state index contributed by atoms with van der Waals surface area (Å²) in [5.41, 5.74) is 3.45. The zero-order valence-corrected chi connectivity index (χ0v) is 12.3. The zero-order chi connectivity index (χ0) is 15.1. The molecular weight excluding hydrogens is 262 g/mol. The highest BCUT2D eigenvalue weighted by atomic mass is 16.1. The first kappa shape index (κ1) is 14.8. The van der Waals surface area contributed by atoms with Gasteiger partial charge >= 0.3 is 0 Å². The molecule has 21 heavy (non-hydrogen) atoms. The van der Waals surface area contributed by atoms with E-state index in [1.165, 1.54) is 16.5 Å². The molecule has 0 saturated carbocycles. The number of aromatic nitrogens is 2. The number of nitrogens with zero attached hydrogens (tertiary/aromatic N) is 2. The first-order valence-electron chi connectivity index (χ1n) is 6.93. The van der Waals surface area contributed by atoms with Crippen molar-refractivity contribution in [3.05, 3.63) is 54.6 Å². The summed E-state index contributed by atoms with van der Waals surface area (Å²) >= 11 is 0. The number of hydrogen-bond donors (Lipinski definition) is 1. The van der Waals surface area contributed by atoms with Gasteiger partial charge in [-0.25, -0.2) is 0 Å². The molecular formula is C17H19N3O. The lowest BCUT2D eigenvalue weighted by Gasteiger charge is -1.96. The molecule has 1 N–H and O–H groups in total. The maximum absolute atomic E-state index is 9.06. The highest BCUT2D eigenvalue weighted by molar-refractivity contribution is 5.93. The Kier molecular flexibility index (Phi) is 5.10. The van der Waals surface area contributed by atoms with Gasteiger partial charge in [0, 0.05) is 24.5 Å². The van der Waals surface area contributed by atoms with E-state index in [-0.39, 0.29) is 0 Å². The zero-order valence-electron chi connectivity index (χ0n) is 12.3. The van der Waals surface area contributed by atoms with Gasteiger partial charge in [-0.05, 0) is 13.0 Å². The third kappa shape index (κ3) is 3.28. The van der Waals surface area contributed by atoms with E-state index in [1.54, 1.807) is 7.05 Å². The van der Waals surface area contributed by atoms with Crippen molar-refractivity contribution in [3.8, 4) is 11.3 Å². The number of hydrogen-bond acceptors (Lipinski definition) is 2. The van der Waals surface area contributed by atoms with Crippen LogP contribution in [0.5, 0.6) is 0 Å². The van der Waals surface area contributed by atoms with Crippen LogP contribution in [0.2, 0.25) is 0 Å². The van der Waals surface area contributed by atoms with Crippen molar-refractivity contribution < 1.29 is 4.79 Å². The van der Waals surface area contributed by atoms with Gasteiger partial charge in [-0.3, -0.25) is 9.48 Å². The summed E-state index contributed by atoms with van der Waals surface area (Å²) in [4.78, 5) is 9.06. The van der Waals surface area contributed by atoms with E-state index >= 15 is 0 Å². The molecule has 0 unspecified atom stereocenters. The number of carbonyl (C=O) groups excluding carboxylic acids is 1. The van der Waals surface area contributed by atoms with Gasteiger partial charge in [0.25, 0.3) is 0 Å². The maximum Gasteiger partial charge on any atom is 0.206 e. The fourth-order valence-corrected chi connectivity index (χ4v) is 2.18. The molecule has 108 valence electrons. The summed E-state index contributed by atoms with van der Waals surface area (Å²) in [5, 5.41) is 8.17. The van der Waals surface area contributed by atoms with Crippen LogP contribution in [0.25, 0.3) is 22.2 Å². The molecule has 1 heterocycles. The molecule has 0 spiro atoms. The fourth-order valence-electron chi connectivity index (χ4n) is 2.18. The van der Waals surface area contributed by atoms with Gasteiger partial charge in [0.05, 0.1) is 5.52 Å². The highest BCUT2D eigenvalue weighted by Crippen LogP contribution is 2.27. The highest BCUT2D eigenvalue weighted by Gasteiger charge is 2.09. The number of nitrogens with one attached hydrogen (secondary N) is 1. The molecule has 4 nitrogen and oxygen atoms in total. The summed E-state index contributed by atoms with van der Waals surface area (Å²) in [6.45, 7) is 3.02. The minimum atomic E-state index is 0.625. The number of fused-ring (bicyclic) bond motifs is 1. The van der Waals surface area contributed by atoms with Crippen molar-refractivity contribution >= 4 is 17.3 Å². The molecule has 0 radical (unpaired) electrons. The van der Waals surface area contributed by atoms with Gasteiger partial charge in [-0.15, -0.1) is 0 Å². The number of amides is 1. The second-order valence-corrected chi connectivity index (χ2v) is 4.45. The van der Waals surface area contributed by atoms with Gasteiger partial charge < -0.3 is 5.32 Å². The Balaban J connectivity index is 0.000000361. The first-order valence-corrected chi connectivity index (χ1v) is 6.93. The lowest BCUT2D eigenvalue weighted by atomic mass is 10.1. The van der Waals surface area contributed by atoms with Crippen LogP contribution in [0, 0.1) is 0 Å². The van der Waals surface area contributed by atoms with Gasteiger partial charge in [0.1, 0.15) is 5.69 Å². The van der Waals surface area contributed by atoms with Crippen molar-refractivity contribution in [1.82, 2.24) is 15.1 Å². The van der Waals surface area contributed by atoms with Gasteiger partial charge in [0.2, 0.25) is 6.41 Å². The van der Waals surface area contributed by atoms with E-state index in [2.05, 4.69) is 65.5 Å². The molecule has 1 amide bonds. The number of rotatable bonds is 3. The smallest absolute Gasteiger partial charge is 0.206 e. The standard InChI is InChI=1S/C15H14N2.C2H5NO/c1-2-17-14-11-7-6-10-13(14)15(16-17)12-8-4-3-5-9-12;1-3-2-4/h3-11H,2H2,1H3;2H,1H3,(H,3,4). The number of carbonyl (C=O) groups is 1. The second-order valence-electron chi connectivity index (χ2n) is 4.45. The van der Waals surface area contributed by atoms with Crippen molar-refractivity contribution in [2.24, 2.45) is 0 Å². The van der Waals surface area contributed by atoms with Gasteiger partial charge in [0.15, 0.2) is 0 Å². The largest absolute Gasteiger partial charge is 0.362 e. The van der Waals surface area contributed by atoms with Crippen LogP contribution >= 0.6 is 0 Å². The Bertz CT molecular complexity index is 704. The summed E-state index contributed by atoms with van der Waals surface area (Å²) in [6.07, 6.45) is 0.625. The normalized spacial score (nSPS) is 9.81. The summed E-state index contributed by atoms with van der Waals surface area (Å²) < 4.78 is 2.05. The molecule has 0 aliphatic rings. The number of para-hydroxylation sites is 1. The quantitative estimate of drug-likeness (QED) is 0.750. The molecule has 0 atom stereocenters. The predicted molar refractivity (Wildman–Crippen MR) is 86.0 cm³/mol. The van der Waals surface area contributed by atoms with E-state index < -0.39 is 0 Å². The predicted octanol–water partition coefficient (Wildman–Crippen LogP) is 3.09. The molecule has 3 rings (SSSR count). The molecule has 1 aromatic heterocycles. The average Bonchev–Trinajstić information content (AvgIpc) is 2.95. The van der Waals surface area contributed by atoms with Crippen molar-refractivity contribution in [3.63, 3.8) is 0 Å². The molecule has 0 bridgehead atoms. The van der Waals surface area contributed by atoms with Crippen LogP contribution < -0.4 is 5.32 Å².